The standard InChI is InChI=1S/C15H13N3S/c1-9-10(2)18-15(19)14(17-9)13-5-3-4-11-8-16-7-6-12(11)13/h3-8H,1-2H3,(H,18,19). The molecule has 0 aliphatic rings. The van der Waals surface area contributed by atoms with Crippen molar-refractivity contribution in [1.82, 2.24) is 15.0 Å². The van der Waals surface area contributed by atoms with Crippen LogP contribution in [0.4, 0.5) is 0 Å². The summed E-state index contributed by atoms with van der Waals surface area (Å²) in [6, 6.07) is 8.09. The first-order valence-electron chi connectivity index (χ1n) is 6.07. The van der Waals surface area contributed by atoms with Gasteiger partial charge < -0.3 is 4.98 Å². The number of aromatic nitrogens is 3. The Morgan fingerprint density at radius 1 is 1.16 bits per heavy atom. The Labute approximate surface area is 116 Å². The van der Waals surface area contributed by atoms with Crippen molar-refractivity contribution in [2.45, 2.75) is 13.8 Å². The summed E-state index contributed by atoms with van der Waals surface area (Å²) < 4.78 is 0.674. The molecule has 2 aromatic heterocycles. The average molecular weight is 267 g/mol. The summed E-state index contributed by atoms with van der Waals surface area (Å²) >= 11 is 5.41. The second-order valence-electron chi connectivity index (χ2n) is 4.53. The zero-order chi connectivity index (χ0) is 13.4. The van der Waals surface area contributed by atoms with Crippen molar-refractivity contribution >= 4 is 23.0 Å². The lowest BCUT2D eigenvalue weighted by molar-refractivity contribution is 1.04. The summed E-state index contributed by atoms with van der Waals surface area (Å²) in [5.41, 5.74) is 3.85. The van der Waals surface area contributed by atoms with Crippen LogP contribution < -0.4 is 0 Å². The molecular weight excluding hydrogens is 254 g/mol. The van der Waals surface area contributed by atoms with Gasteiger partial charge in [-0.05, 0) is 25.3 Å². The molecule has 4 heteroatoms. The highest BCUT2D eigenvalue weighted by Crippen LogP contribution is 2.27. The van der Waals surface area contributed by atoms with E-state index in [9.17, 15) is 0 Å². The lowest BCUT2D eigenvalue weighted by atomic mass is 10.0. The van der Waals surface area contributed by atoms with Crippen LogP contribution in [-0.4, -0.2) is 15.0 Å². The van der Waals surface area contributed by atoms with Crippen molar-refractivity contribution in [3.05, 3.63) is 52.7 Å². The number of nitrogens with one attached hydrogen (secondary N) is 1. The van der Waals surface area contributed by atoms with Crippen LogP contribution in [0.25, 0.3) is 22.0 Å². The van der Waals surface area contributed by atoms with Crippen molar-refractivity contribution in [3.63, 3.8) is 0 Å². The number of nitrogens with zero attached hydrogens (tertiary/aromatic N) is 2. The van der Waals surface area contributed by atoms with Crippen molar-refractivity contribution in [3.8, 4) is 11.3 Å². The van der Waals surface area contributed by atoms with E-state index in [1.807, 2.05) is 44.3 Å². The summed E-state index contributed by atoms with van der Waals surface area (Å²) in [6.45, 7) is 3.96. The number of fused-ring (bicyclic) bond motifs is 1. The summed E-state index contributed by atoms with van der Waals surface area (Å²) in [5, 5.41) is 2.21. The number of H-pyrrole nitrogens is 1. The van der Waals surface area contributed by atoms with Crippen LogP contribution in [0, 0.1) is 18.5 Å². The summed E-state index contributed by atoms with van der Waals surface area (Å²) in [4.78, 5) is 12.0. The van der Waals surface area contributed by atoms with Crippen LogP contribution in [0.3, 0.4) is 0 Å². The maximum Gasteiger partial charge on any atom is 0.130 e. The molecule has 0 amide bonds. The van der Waals surface area contributed by atoms with Crippen LogP contribution in [0.1, 0.15) is 11.4 Å². The Bertz CT molecular complexity index is 816. The van der Waals surface area contributed by atoms with E-state index < -0.39 is 0 Å². The van der Waals surface area contributed by atoms with Gasteiger partial charge in [0.1, 0.15) is 10.3 Å². The predicted molar refractivity (Wildman–Crippen MR) is 79.6 cm³/mol. The molecule has 3 nitrogen and oxygen atoms in total. The molecule has 2 heterocycles. The molecule has 19 heavy (non-hydrogen) atoms. The zero-order valence-corrected chi connectivity index (χ0v) is 11.6. The second-order valence-corrected chi connectivity index (χ2v) is 4.94. The highest BCUT2D eigenvalue weighted by Gasteiger charge is 2.08. The maximum atomic E-state index is 5.41. The number of aryl methyl sites for hydroxylation is 2. The first-order valence-corrected chi connectivity index (χ1v) is 6.48. The quantitative estimate of drug-likeness (QED) is 0.678. The number of benzene rings is 1. The smallest absolute Gasteiger partial charge is 0.130 e. The Morgan fingerprint density at radius 2 is 2.00 bits per heavy atom. The van der Waals surface area contributed by atoms with E-state index in [1.54, 1.807) is 6.20 Å². The fourth-order valence-corrected chi connectivity index (χ4v) is 2.44. The summed E-state index contributed by atoms with van der Waals surface area (Å²) in [7, 11) is 0. The Kier molecular flexibility index (Phi) is 2.87. The molecule has 0 aliphatic carbocycles. The molecule has 0 saturated carbocycles. The molecule has 1 N–H and O–H groups in total. The number of rotatable bonds is 1. The minimum atomic E-state index is 0.674. The molecule has 0 spiro atoms. The topological polar surface area (TPSA) is 41.6 Å². The molecule has 0 bridgehead atoms. The van der Waals surface area contributed by atoms with E-state index in [-0.39, 0.29) is 0 Å². The first-order chi connectivity index (χ1) is 9.16. The van der Waals surface area contributed by atoms with Gasteiger partial charge in [0.25, 0.3) is 0 Å². The SMILES string of the molecule is Cc1nc(-c2cccc3cnccc23)c(=S)[nH]c1C. The van der Waals surface area contributed by atoms with Crippen LogP contribution in [0.5, 0.6) is 0 Å². The van der Waals surface area contributed by atoms with Gasteiger partial charge in [-0.2, -0.15) is 0 Å². The molecule has 0 unspecified atom stereocenters. The molecule has 0 fully saturated rings. The van der Waals surface area contributed by atoms with Crippen molar-refractivity contribution in [2.75, 3.05) is 0 Å². The first kappa shape index (κ1) is 12.0. The largest absolute Gasteiger partial charge is 0.347 e. The minimum absolute atomic E-state index is 0.674. The monoisotopic (exact) mass is 267 g/mol. The van der Waals surface area contributed by atoms with Gasteiger partial charge in [0.2, 0.25) is 0 Å². The molecule has 0 atom stereocenters. The van der Waals surface area contributed by atoms with Crippen molar-refractivity contribution in [2.24, 2.45) is 0 Å². The van der Waals surface area contributed by atoms with E-state index in [2.05, 4.69) is 15.0 Å². The Hall–Kier alpha value is -2.07. The fourth-order valence-electron chi connectivity index (χ4n) is 2.13. The number of aromatic amines is 1. The van der Waals surface area contributed by atoms with Gasteiger partial charge in [0.05, 0.1) is 5.69 Å². The Morgan fingerprint density at radius 3 is 2.84 bits per heavy atom. The van der Waals surface area contributed by atoms with Gasteiger partial charge in [0.15, 0.2) is 0 Å². The lowest BCUT2D eigenvalue weighted by Crippen LogP contribution is -1.96. The number of hydrogen-bond donors (Lipinski definition) is 1. The van der Waals surface area contributed by atoms with Gasteiger partial charge >= 0.3 is 0 Å². The van der Waals surface area contributed by atoms with E-state index in [1.165, 1.54) is 0 Å². The van der Waals surface area contributed by atoms with Crippen LogP contribution >= 0.6 is 12.2 Å². The highest BCUT2D eigenvalue weighted by molar-refractivity contribution is 7.71. The Balaban J connectivity index is 2.37. The lowest BCUT2D eigenvalue weighted by Gasteiger charge is -2.08. The predicted octanol–water partition coefficient (Wildman–Crippen LogP) is 3.97. The molecule has 0 aliphatic heterocycles. The minimum Gasteiger partial charge on any atom is -0.347 e. The molecule has 0 saturated heterocycles. The van der Waals surface area contributed by atoms with Crippen molar-refractivity contribution < 1.29 is 0 Å². The van der Waals surface area contributed by atoms with Crippen LogP contribution in [0.15, 0.2) is 36.7 Å². The van der Waals surface area contributed by atoms with Gasteiger partial charge in [0, 0.05) is 29.0 Å². The van der Waals surface area contributed by atoms with E-state index in [4.69, 9.17) is 12.2 Å². The molecule has 3 rings (SSSR count). The molecule has 0 radical (unpaired) electrons. The fraction of sp³-hybridized carbons (Fsp3) is 0.133. The van der Waals surface area contributed by atoms with E-state index in [0.717, 1.165) is 33.4 Å². The molecule has 94 valence electrons. The van der Waals surface area contributed by atoms with E-state index >= 15 is 0 Å². The van der Waals surface area contributed by atoms with Crippen molar-refractivity contribution in [1.29, 1.82) is 0 Å². The second kappa shape index (κ2) is 4.55. The molecule has 3 aromatic rings. The molecular formula is C15H13N3S. The third-order valence-corrected chi connectivity index (χ3v) is 3.57. The van der Waals surface area contributed by atoms with Gasteiger partial charge in [-0.25, -0.2) is 4.98 Å². The normalized spacial score (nSPS) is 10.8. The zero-order valence-electron chi connectivity index (χ0n) is 10.8. The van der Waals surface area contributed by atoms with Gasteiger partial charge in [-0.3, -0.25) is 4.98 Å². The molecule has 1 aromatic carbocycles. The summed E-state index contributed by atoms with van der Waals surface area (Å²) in [6.07, 6.45) is 3.65. The van der Waals surface area contributed by atoms with Crippen LogP contribution in [0.2, 0.25) is 0 Å². The highest BCUT2D eigenvalue weighted by atomic mass is 32.1. The third kappa shape index (κ3) is 2.04. The van der Waals surface area contributed by atoms with Crippen LogP contribution in [-0.2, 0) is 0 Å². The maximum absolute atomic E-state index is 5.41. The number of hydrogen-bond acceptors (Lipinski definition) is 3. The van der Waals surface area contributed by atoms with Gasteiger partial charge in [-0.15, -0.1) is 0 Å². The van der Waals surface area contributed by atoms with Gasteiger partial charge in [-0.1, -0.05) is 30.4 Å². The average Bonchev–Trinajstić information content (AvgIpc) is 2.42. The van der Waals surface area contributed by atoms with E-state index in [0.29, 0.717) is 4.64 Å². The summed E-state index contributed by atoms with van der Waals surface area (Å²) in [5.74, 6) is 0. The number of pyridine rings is 1. The third-order valence-electron chi connectivity index (χ3n) is 3.27.